The summed E-state index contributed by atoms with van der Waals surface area (Å²) in [7, 11) is 0. The van der Waals surface area contributed by atoms with Gasteiger partial charge in [0.15, 0.2) is 0 Å². The third-order valence-electron chi connectivity index (χ3n) is 3.15. The Morgan fingerprint density at radius 1 is 1.21 bits per heavy atom. The van der Waals surface area contributed by atoms with E-state index in [0.717, 1.165) is 19.3 Å². The molecule has 1 unspecified atom stereocenters. The molecule has 0 saturated carbocycles. The molecule has 1 aliphatic heterocycles. The lowest BCUT2D eigenvalue weighted by molar-refractivity contribution is 0.0667. The molecule has 1 atom stereocenters. The maximum Gasteiger partial charge on any atom is 0.106 e. The van der Waals surface area contributed by atoms with E-state index in [4.69, 9.17) is 0 Å². The fraction of sp³-hybridized carbons (Fsp3) is 0.818. The maximum absolute atomic E-state index is 10.6. The van der Waals surface area contributed by atoms with E-state index in [1.54, 1.807) is 0 Å². The average molecular weight is 230 g/mol. The van der Waals surface area contributed by atoms with Crippen molar-refractivity contribution >= 4 is 23.5 Å². The van der Waals surface area contributed by atoms with Crippen molar-refractivity contribution in [2.75, 3.05) is 11.5 Å². The Hall–Kier alpha value is 0.400. The number of rotatable bonds is 1. The first-order chi connectivity index (χ1) is 6.66. The van der Waals surface area contributed by atoms with Gasteiger partial charge in [-0.1, -0.05) is 12.2 Å². The number of hydrogen-bond acceptors (Lipinski definition) is 3. The Labute approximate surface area is 94.7 Å². The summed E-state index contributed by atoms with van der Waals surface area (Å²) in [6, 6.07) is 0. The van der Waals surface area contributed by atoms with Crippen molar-refractivity contribution in [3.05, 3.63) is 12.2 Å². The molecule has 1 saturated heterocycles. The van der Waals surface area contributed by atoms with Gasteiger partial charge in [0.1, 0.15) is 5.60 Å². The molecule has 3 heteroatoms. The van der Waals surface area contributed by atoms with Crippen molar-refractivity contribution in [1.82, 2.24) is 0 Å². The summed E-state index contributed by atoms with van der Waals surface area (Å²) in [6.07, 6.45) is 8.66. The first-order valence-corrected chi connectivity index (χ1v) is 7.31. The van der Waals surface area contributed by atoms with E-state index in [2.05, 4.69) is 13.0 Å². The number of aliphatic hydroxyl groups is 1. The maximum atomic E-state index is 10.6. The predicted molar refractivity (Wildman–Crippen MR) is 65.9 cm³/mol. The lowest BCUT2D eigenvalue weighted by atomic mass is 9.88. The topological polar surface area (TPSA) is 20.2 Å². The fourth-order valence-electron chi connectivity index (χ4n) is 2.11. The van der Waals surface area contributed by atoms with Crippen molar-refractivity contribution in [2.45, 2.75) is 42.3 Å². The third-order valence-corrected chi connectivity index (χ3v) is 6.65. The highest BCUT2D eigenvalue weighted by atomic mass is 32.2. The van der Waals surface area contributed by atoms with Crippen LogP contribution in [0.2, 0.25) is 0 Å². The van der Waals surface area contributed by atoms with Gasteiger partial charge in [-0.05, 0) is 44.1 Å². The minimum absolute atomic E-state index is 0.0117. The molecular weight excluding hydrogens is 212 g/mol. The van der Waals surface area contributed by atoms with Crippen LogP contribution in [0.1, 0.15) is 32.6 Å². The Kier molecular flexibility index (Phi) is 3.20. The highest BCUT2D eigenvalue weighted by molar-refractivity contribution is 8.18. The van der Waals surface area contributed by atoms with Crippen LogP contribution in [-0.2, 0) is 0 Å². The molecule has 14 heavy (non-hydrogen) atoms. The molecule has 1 fully saturated rings. The Morgan fingerprint density at radius 3 is 2.50 bits per heavy atom. The highest BCUT2D eigenvalue weighted by Gasteiger charge is 2.47. The summed E-state index contributed by atoms with van der Waals surface area (Å²) >= 11 is 3.87. The summed E-state index contributed by atoms with van der Waals surface area (Å²) in [6.45, 7) is 2.21. The van der Waals surface area contributed by atoms with E-state index in [-0.39, 0.29) is 4.08 Å². The van der Waals surface area contributed by atoms with Gasteiger partial charge in [0.2, 0.25) is 0 Å². The van der Waals surface area contributed by atoms with Crippen molar-refractivity contribution in [1.29, 1.82) is 0 Å². The molecule has 80 valence electrons. The monoisotopic (exact) mass is 230 g/mol. The largest absolute Gasteiger partial charge is 0.383 e. The van der Waals surface area contributed by atoms with E-state index < -0.39 is 5.60 Å². The first kappa shape index (κ1) is 10.9. The van der Waals surface area contributed by atoms with Crippen LogP contribution in [-0.4, -0.2) is 26.3 Å². The smallest absolute Gasteiger partial charge is 0.106 e. The fourth-order valence-corrected chi connectivity index (χ4v) is 5.33. The van der Waals surface area contributed by atoms with E-state index in [9.17, 15) is 5.11 Å². The van der Waals surface area contributed by atoms with Gasteiger partial charge in [0.25, 0.3) is 0 Å². The van der Waals surface area contributed by atoms with Crippen LogP contribution in [0.5, 0.6) is 0 Å². The Morgan fingerprint density at radius 2 is 1.93 bits per heavy atom. The molecule has 0 spiro atoms. The second-order valence-electron chi connectivity index (χ2n) is 4.22. The van der Waals surface area contributed by atoms with Crippen LogP contribution < -0.4 is 0 Å². The summed E-state index contributed by atoms with van der Waals surface area (Å²) in [5.74, 6) is 2.39. The molecule has 0 radical (unpaired) electrons. The number of hydrogen-bond donors (Lipinski definition) is 1. The SMILES string of the molecule is CC1(C2(O)C=CCCC2)SCCCS1. The van der Waals surface area contributed by atoms with Crippen LogP contribution in [0.25, 0.3) is 0 Å². The van der Waals surface area contributed by atoms with Gasteiger partial charge in [-0.15, -0.1) is 23.5 Å². The molecule has 2 aliphatic rings. The highest BCUT2D eigenvalue weighted by Crippen LogP contribution is 2.52. The summed E-state index contributed by atoms with van der Waals surface area (Å²) in [5, 5.41) is 10.6. The van der Waals surface area contributed by atoms with Crippen molar-refractivity contribution in [3.8, 4) is 0 Å². The van der Waals surface area contributed by atoms with Crippen LogP contribution in [0.15, 0.2) is 12.2 Å². The van der Waals surface area contributed by atoms with Crippen LogP contribution in [0.4, 0.5) is 0 Å². The number of thioether (sulfide) groups is 2. The molecule has 1 heterocycles. The molecule has 1 aliphatic carbocycles. The van der Waals surface area contributed by atoms with Crippen LogP contribution >= 0.6 is 23.5 Å². The lowest BCUT2D eigenvalue weighted by Gasteiger charge is -2.45. The van der Waals surface area contributed by atoms with E-state index in [1.165, 1.54) is 17.9 Å². The quantitative estimate of drug-likeness (QED) is 0.699. The molecule has 1 N–H and O–H groups in total. The molecule has 0 bridgehead atoms. The zero-order valence-electron chi connectivity index (χ0n) is 8.66. The summed E-state index contributed by atoms with van der Waals surface area (Å²) < 4.78 is -0.0117. The lowest BCUT2D eigenvalue weighted by Crippen LogP contribution is -2.48. The average Bonchev–Trinajstić information content (AvgIpc) is 2.20. The van der Waals surface area contributed by atoms with E-state index >= 15 is 0 Å². The Bertz CT molecular complexity index is 233. The van der Waals surface area contributed by atoms with Gasteiger partial charge in [0.05, 0.1) is 4.08 Å². The van der Waals surface area contributed by atoms with E-state index in [1.807, 2.05) is 29.6 Å². The molecule has 1 nitrogen and oxygen atoms in total. The van der Waals surface area contributed by atoms with Gasteiger partial charge in [-0.25, -0.2) is 0 Å². The molecule has 2 rings (SSSR count). The second kappa shape index (κ2) is 4.11. The molecule has 0 aromatic carbocycles. The Balaban J connectivity index is 2.17. The summed E-state index contributed by atoms with van der Waals surface area (Å²) in [5.41, 5.74) is -0.568. The summed E-state index contributed by atoms with van der Waals surface area (Å²) in [4.78, 5) is 0. The number of allylic oxidation sites excluding steroid dienone is 1. The minimum atomic E-state index is -0.568. The van der Waals surface area contributed by atoms with Gasteiger partial charge in [-0.3, -0.25) is 0 Å². The minimum Gasteiger partial charge on any atom is -0.383 e. The second-order valence-corrected chi connectivity index (χ2v) is 7.50. The van der Waals surface area contributed by atoms with E-state index in [0.29, 0.717) is 0 Å². The molecule has 0 aromatic heterocycles. The standard InChI is InChI=1S/C11H18OS2/c1-10(13-8-5-9-14-10)11(12)6-3-2-4-7-11/h3,6,12H,2,4-5,7-9H2,1H3. The molecular formula is C11H18OS2. The van der Waals surface area contributed by atoms with Crippen LogP contribution in [0, 0.1) is 0 Å². The predicted octanol–water partition coefficient (Wildman–Crippen LogP) is 3.04. The van der Waals surface area contributed by atoms with Crippen molar-refractivity contribution < 1.29 is 5.11 Å². The molecule has 0 amide bonds. The van der Waals surface area contributed by atoms with Crippen LogP contribution in [0.3, 0.4) is 0 Å². The normalized spacial score (nSPS) is 37.0. The van der Waals surface area contributed by atoms with Gasteiger partial charge in [-0.2, -0.15) is 0 Å². The third kappa shape index (κ3) is 1.86. The van der Waals surface area contributed by atoms with Gasteiger partial charge >= 0.3 is 0 Å². The van der Waals surface area contributed by atoms with Gasteiger partial charge < -0.3 is 5.11 Å². The molecule has 0 aromatic rings. The van der Waals surface area contributed by atoms with Crippen molar-refractivity contribution in [2.24, 2.45) is 0 Å². The first-order valence-electron chi connectivity index (χ1n) is 5.34. The van der Waals surface area contributed by atoms with Crippen molar-refractivity contribution in [3.63, 3.8) is 0 Å². The van der Waals surface area contributed by atoms with Gasteiger partial charge in [0, 0.05) is 0 Å². The zero-order chi connectivity index (χ0) is 10.1. The zero-order valence-corrected chi connectivity index (χ0v) is 10.3.